The summed E-state index contributed by atoms with van der Waals surface area (Å²) in [7, 11) is 0. The monoisotopic (exact) mass is 404 g/mol. The summed E-state index contributed by atoms with van der Waals surface area (Å²) in [5, 5.41) is 12.6. The Hall–Kier alpha value is -2.77. The molecule has 2 aromatic carbocycles. The zero-order chi connectivity index (χ0) is 19.9. The van der Waals surface area contributed by atoms with E-state index in [9.17, 15) is 14.7 Å². The maximum absolute atomic E-state index is 12.3. The van der Waals surface area contributed by atoms with Gasteiger partial charge in [-0.3, -0.25) is 4.79 Å². The minimum Gasteiger partial charge on any atom is -0.508 e. The first kappa shape index (κ1) is 20.0. The fourth-order valence-corrected chi connectivity index (χ4v) is 2.97. The number of hydrogen-bond donors (Lipinski definition) is 2. The number of carbonyl (C=O) groups is 2. The highest BCUT2D eigenvalue weighted by molar-refractivity contribution is 6.31. The predicted molar refractivity (Wildman–Crippen MR) is 103 cm³/mol. The smallest absolute Gasteiger partial charge is 0.410 e. The third kappa shape index (κ3) is 5.37. The topological polar surface area (TPSA) is 88.1 Å². The van der Waals surface area contributed by atoms with E-state index in [0.717, 1.165) is 5.56 Å². The second-order valence-corrected chi connectivity index (χ2v) is 6.75. The van der Waals surface area contributed by atoms with E-state index in [4.69, 9.17) is 21.1 Å². The maximum atomic E-state index is 12.3. The van der Waals surface area contributed by atoms with Gasteiger partial charge in [0.1, 0.15) is 12.4 Å². The Morgan fingerprint density at radius 3 is 2.71 bits per heavy atom. The number of hydrogen-bond acceptors (Lipinski definition) is 5. The van der Waals surface area contributed by atoms with Crippen LogP contribution in [0.15, 0.2) is 48.5 Å². The first-order valence-electron chi connectivity index (χ1n) is 8.87. The molecule has 0 bridgehead atoms. The summed E-state index contributed by atoms with van der Waals surface area (Å²) in [5.41, 5.74) is 1.17. The van der Waals surface area contributed by atoms with Crippen LogP contribution in [0.1, 0.15) is 15.9 Å². The number of phenols is 1. The van der Waals surface area contributed by atoms with Gasteiger partial charge in [-0.25, -0.2) is 4.79 Å². The highest BCUT2D eigenvalue weighted by Crippen LogP contribution is 2.17. The number of morpholine rings is 1. The number of aromatic hydroxyl groups is 1. The lowest BCUT2D eigenvalue weighted by Gasteiger charge is -2.32. The van der Waals surface area contributed by atoms with Gasteiger partial charge in [0.15, 0.2) is 0 Å². The number of nitrogens with zero attached hydrogens (tertiary/aromatic N) is 1. The van der Waals surface area contributed by atoms with Gasteiger partial charge in [-0.15, -0.1) is 0 Å². The van der Waals surface area contributed by atoms with E-state index < -0.39 is 6.09 Å². The Morgan fingerprint density at radius 1 is 1.21 bits per heavy atom. The first-order chi connectivity index (χ1) is 13.5. The summed E-state index contributed by atoms with van der Waals surface area (Å²) < 4.78 is 11.0. The summed E-state index contributed by atoms with van der Waals surface area (Å²) in [6, 6.07) is 13.1. The number of phenolic OH excluding ortho intramolecular Hbond substituents is 1. The fraction of sp³-hybridized carbons (Fsp3) is 0.300. The zero-order valence-electron chi connectivity index (χ0n) is 15.1. The predicted octanol–water partition coefficient (Wildman–Crippen LogP) is 2.81. The molecule has 0 saturated carbocycles. The average Bonchev–Trinajstić information content (AvgIpc) is 2.72. The van der Waals surface area contributed by atoms with Gasteiger partial charge in [0.25, 0.3) is 5.91 Å². The van der Waals surface area contributed by atoms with E-state index >= 15 is 0 Å². The third-order valence-electron chi connectivity index (χ3n) is 4.33. The van der Waals surface area contributed by atoms with Crippen molar-refractivity contribution in [1.82, 2.24) is 10.2 Å². The molecule has 7 nitrogen and oxygen atoms in total. The van der Waals surface area contributed by atoms with Crippen molar-refractivity contribution in [3.8, 4) is 5.75 Å². The van der Waals surface area contributed by atoms with E-state index in [2.05, 4.69) is 5.32 Å². The summed E-state index contributed by atoms with van der Waals surface area (Å²) in [5.74, 6) is -0.180. The molecule has 148 valence electrons. The number of rotatable bonds is 5. The van der Waals surface area contributed by atoms with Gasteiger partial charge in [-0.2, -0.15) is 0 Å². The molecule has 2 aromatic rings. The molecule has 3 rings (SSSR count). The van der Waals surface area contributed by atoms with Gasteiger partial charge < -0.3 is 24.8 Å². The van der Waals surface area contributed by atoms with Crippen molar-refractivity contribution in [2.45, 2.75) is 12.7 Å². The van der Waals surface area contributed by atoms with Crippen LogP contribution in [0.3, 0.4) is 0 Å². The van der Waals surface area contributed by atoms with Crippen LogP contribution in [0.5, 0.6) is 5.75 Å². The molecule has 2 amide bonds. The summed E-state index contributed by atoms with van der Waals surface area (Å²) in [4.78, 5) is 26.0. The van der Waals surface area contributed by atoms with Crippen LogP contribution in [0, 0.1) is 0 Å². The molecule has 0 spiro atoms. The molecule has 1 fully saturated rings. The van der Waals surface area contributed by atoms with E-state index in [1.807, 2.05) is 12.1 Å². The number of carbonyl (C=O) groups excluding carboxylic acids is 2. The number of halogens is 1. The van der Waals surface area contributed by atoms with Gasteiger partial charge in [0, 0.05) is 29.2 Å². The van der Waals surface area contributed by atoms with Crippen LogP contribution >= 0.6 is 11.6 Å². The highest BCUT2D eigenvalue weighted by atomic mass is 35.5. The molecule has 1 aliphatic heterocycles. The molecular formula is C20H21ClN2O5. The van der Waals surface area contributed by atoms with Gasteiger partial charge in [-0.05, 0) is 30.3 Å². The van der Waals surface area contributed by atoms with Crippen LogP contribution < -0.4 is 5.32 Å². The quantitative estimate of drug-likeness (QED) is 0.800. The summed E-state index contributed by atoms with van der Waals surface area (Å²) in [6.07, 6.45) is -0.777. The number of benzene rings is 2. The average molecular weight is 405 g/mol. The SMILES string of the molecule is O=C(NCC1CN(C(=O)OCc2ccccc2Cl)CCO1)c1ccc(O)cc1. The van der Waals surface area contributed by atoms with Crippen LogP contribution in [0.4, 0.5) is 4.79 Å². The molecule has 1 aliphatic rings. The lowest BCUT2D eigenvalue weighted by Crippen LogP contribution is -2.49. The molecule has 2 N–H and O–H groups in total. The van der Waals surface area contributed by atoms with Crippen LogP contribution in [0.25, 0.3) is 0 Å². The molecule has 1 unspecified atom stereocenters. The molecule has 0 aliphatic carbocycles. The molecule has 1 saturated heterocycles. The number of ether oxygens (including phenoxy) is 2. The molecule has 8 heteroatoms. The van der Waals surface area contributed by atoms with Gasteiger partial charge >= 0.3 is 6.09 Å². The summed E-state index contributed by atoms with van der Waals surface area (Å²) in [6.45, 7) is 1.45. The van der Waals surface area contributed by atoms with Crippen molar-refractivity contribution in [2.24, 2.45) is 0 Å². The Balaban J connectivity index is 1.46. The Labute approximate surface area is 167 Å². The largest absolute Gasteiger partial charge is 0.508 e. The van der Waals surface area contributed by atoms with Crippen LogP contribution in [-0.4, -0.2) is 54.4 Å². The first-order valence-corrected chi connectivity index (χ1v) is 9.24. The van der Waals surface area contributed by atoms with Crippen molar-refractivity contribution < 1.29 is 24.2 Å². The number of nitrogens with one attached hydrogen (secondary N) is 1. The lowest BCUT2D eigenvalue weighted by atomic mass is 10.2. The molecular weight excluding hydrogens is 384 g/mol. The maximum Gasteiger partial charge on any atom is 0.410 e. The molecule has 1 atom stereocenters. The van der Waals surface area contributed by atoms with E-state index in [0.29, 0.717) is 30.3 Å². The van der Waals surface area contributed by atoms with Crippen molar-refractivity contribution in [3.05, 3.63) is 64.7 Å². The fourth-order valence-electron chi connectivity index (χ4n) is 2.78. The van der Waals surface area contributed by atoms with Crippen molar-refractivity contribution in [3.63, 3.8) is 0 Å². The van der Waals surface area contributed by atoms with Gasteiger partial charge in [0.2, 0.25) is 0 Å². The molecule has 28 heavy (non-hydrogen) atoms. The van der Waals surface area contributed by atoms with E-state index in [1.165, 1.54) is 24.3 Å². The van der Waals surface area contributed by atoms with E-state index in [-0.39, 0.29) is 30.9 Å². The Bertz CT molecular complexity index is 828. The standard InChI is InChI=1S/C20H21ClN2O5/c21-18-4-2-1-3-15(18)13-28-20(26)23-9-10-27-17(12-23)11-22-19(25)14-5-7-16(24)8-6-14/h1-8,17,24H,9-13H2,(H,22,25). The molecule has 0 radical (unpaired) electrons. The van der Waals surface area contributed by atoms with Gasteiger partial charge in [-0.1, -0.05) is 29.8 Å². The second kappa shape index (κ2) is 9.43. The Kier molecular flexibility index (Phi) is 6.73. The molecule has 0 aromatic heterocycles. The minimum atomic E-state index is -0.446. The van der Waals surface area contributed by atoms with Gasteiger partial charge in [0.05, 0.1) is 19.3 Å². The Morgan fingerprint density at radius 2 is 1.96 bits per heavy atom. The summed E-state index contributed by atoms with van der Waals surface area (Å²) >= 11 is 6.07. The van der Waals surface area contributed by atoms with Crippen LogP contribution in [0.2, 0.25) is 5.02 Å². The van der Waals surface area contributed by atoms with Crippen molar-refractivity contribution in [1.29, 1.82) is 0 Å². The van der Waals surface area contributed by atoms with Crippen LogP contribution in [-0.2, 0) is 16.1 Å². The minimum absolute atomic E-state index is 0.0954. The zero-order valence-corrected chi connectivity index (χ0v) is 15.9. The van der Waals surface area contributed by atoms with Crippen molar-refractivity contribution >= 4 is 23.6 Å². The molecule has 1 heterocycles. The van der Waals surface area contributed by atoms with E-state index in [1.54, 1.807) is 17.0 Å². The third-order valence-corrected chi connectivity index (χ3v) is 4.69. The van der Waals surface area contributed by atoms with Crippen molar-refractivity contribution in [2.75, 3.05) is 26.2 Å². The second-order valence-electron chi connectivity index (χ2n) is 6.34. The lowest BCUT2D eigenvalue weighted by molar-refractivity contribution is -0.0263. The highest BCUT2D eigenvalue weighted by Gasteiger charge is 2.26. The number of amides is 2. The normalized spacial score (nSPS) is 16.5.